The lowest BCUT2D eigenvalue weighted by Gasteiger charge is -2.16. The maximum Gasteiger partial charge on any atom is 0.151 e. The Morgan fingerprint density at radius 3 is 2.13 bits per heavy atom. The zero-order valence-corrected chi connectivity index (χ0v) is 11.6. The van der Waals surface area contributed by atoms with Gasteiger partial charge in [0.2, 0.25) is 0 Å². The average molecular weight is 312 g/mol. The molecular weight excluding hydrogens is 300 g/mol. The summed E-state index contributed by atoms with van der Waals surface area (Å²) in [6.45, 7) is 1.68. The molecule has 0 heterocycles. The third-order valence-electron chi connectivity index (χ3n) is 2.28. The van der Waals surface area contributed by atoms with Crippen molar-refractivity contribution in [2.24, 2.45) is 0 Å². The van der Waals surface area contributed by atoms with Crippen molar-refractivity contribution >= 4 is 37.4 Å². The van der Waals surface area contributed by atoms with Crippen LogP contribution in [0.2, 0.25) is 5.02 Å². The molecule has 0 aliphatic rings. The first kappa shape index (κ1) is 13.0. The first-order valence-electron chi connectivity index (χ1n) is 4.41. The van der Waals surface area contributed by atoms with E-state index in [0.717, 1.165) is 5.56 Å². The molecule has 0 spiro atoms. The fourth-order valence-corrected chi connectivity index (χ4v) is 3.33. The Morgan fingerprint density at radius 1 is 1.27 bits per heavy atom. The first-order valence-corrected chi connectivity index (χ1v) is 7.65. The van der Waals surface area contributed by atoms with Crippen LogP contribution in [0.3, 0.4) is 0 Å². The van der Waals surface area contributed by atoms with Crippen LogP contribution >= 0.6 is 27.5 Å². The summed E-state index contributed by atoms with van der Waals surface area (Å²) in [5.41, 5.74) is 0.914. The molecule has 1 aromatic rings. The molecule has 0 aromatic heterocycles. The molecule has 5 heteroatoms. The number of hydrogen-bond acceptors (Lipinski definition) is 2. The molecule has 0 N–H and O–H groups in total. The second-order valence-electron chi connectivity index (χ2n) is 3.49. The molecule has 15 heavy (non-hydrogen) atoms. The summed E-state index contributed by atoms with van der Waals surface area (Å²) < 4.78 is 22.7. The second-order valence-corrected chi connectivity index (χ2v) is 7.31. The number of hydrogen-bond donors (Lipinski definition) is 0. The zero-order chi connectivity index (χ0) is 11.6. The Labute approximate surface area is 104 Å². The van der Waals surface area contributed by atoms with Crippen molar-refractivity contribution in [2.75, 3.05) is 6.26 Å². The first-order chi connectivity index (χ1) is 6.82. The van der Waals surface area contributed by atoms with E-state index in [2.05, 4.69) is 15.9 Å². The number of alkyl halides is 1. The van der Waals surface area contributed by atoms with Crippen LogP contribution in [0.25, 0.3) is 0 Å². The monoisotopic (exact) mass is 310 g/mol. The Kier molecular flexibility index (Phi) is 4.20. The van der Waals surface area contributed by atoms with Gasteiger partial charge in [0.15, 0.2) is 9.84 Å². The van der Waals surface area contributed by atoms with Crippen LogP contribution in [0.4, 0.5) is 0 Å². The number of halogens is 2. The van der Waals surface area contributed by atoms with Gasteiger partial charge in [-0.3, -0.25) is 0 Å². The van der Waals surface area contributed by atoms with E-state index in [0.29, 0.717) is 5.02 Å². The minimum absolute atomic E-state index is 0.204. The second kappa shape index (κ2) is 4.85. The minimum atomic E-state index is -3.04. The quantitative estimate of drug-likeness (QED) is 0.803. The summed E-state index contributed by atoms with van der Waals surface area (Å²) >= 11 is 9.14. The van der Waals surface area contributed by atoms with Gasteiger partial charge in [-0.15, -0.1) is 0 Å². The molecule has 0 aliphatic carbocycles. The highest BCUT2D eigenvalue weighted by Gasteiger charge is 2.24. The Balaban J connectivity index is 2.95. The highest BCUT2D eigenvalue weighted by molar-refractivity contribution is 9.09. The van der Waals surface area contributed by atoms with Crippen LogP contribution in [0.5, 0.6) is 0 Å². The normalized spacial score (nSPS) is 16.0. The summed E-state index contributed by atoms with van der Waals surface area (Å²) in [4.78, 5) is -0.204. The fraction of sp³-hybridized carbons (Fsp3) is 0.400. The molecular formula is C10H12BrClO2S. The van der Waals surface area contributed by atoms with E-state index >= 15 is 0 Å². The van der Waals surface area contributed by atoms with Gasteiger partial charge in [0, 0.05) is 11.3 Å². The Morgan fingerprint density at radius 2 is 1.73 bits per heavy atom. The lowest BCUT2D eigenvalue weighted by Crippen LogP contribution is -2.20. The standard InChI is InChI=1S/C10H12BrClO2S/c1-7(15(2,13)14)10(11)8-3-5-9(12)6-4-8/h3-7,10H,1-2H3. The summed E-state index contributed by atoms with van der Waals surface area (Å²) in [5, 5.41) is 0.184. The van der Waals surface area contributed by atoms with Crippen LogP contribution in [0.15, 0.2) is 24.3 Å². The van der Waals surface area contributed by atoms with E-state index in [-0.39, 0.29) is 4.83 Å². The highest BCUT2D eigenvalue weighted by Crippen LogP contribution is 2.30. The summed E-state index contributed by atoms with van der Waals surface area (Å²) in [5.74, 6) is 0. The maximum absolute atomic E-state index is 11.4. The lowest BCUT2D eigenvalue weighted by molar-refractivity contribution is 0.588. The third kappa shape index (κ3) is 3.47. The molecule has 0 bridgehead atoms. The van der Waals surface area contributed by atoms with Gasteiger partial charge < -0.3 is 0 Å². The van der Waals surface area contributed by atoms with Crippen molar-refractivity contribution in [3.8, 4) is 0 Å². The largest absolute Gasteiger partial charge is 0.229 e. The van der Waals surface area contributed by atoms with Crippen molar-refractivity contribution in [2.45, 2.75) is 17.0 Å². The molecule has 2 atom stereocenters. The van der Waals surface area contributed by atoms with Crippen LogP contribution < -0.4 is 0 Å². The molecule has 2 nitrogen and oxygen atoms in total. The van der Waals surface area contributed by atoms with Crippen LogP contribution in [0, 0.1) is 0 Å². The predicted molar refractivity (Wildman–Crippen MR) is 67.4 cm³/mol. The van der Waals surface area contributed by atoms with Crippen molar-refractivity contribution in [3.63, 3.8) is 0 Å². The van der Waals surface area contributed by atoms with Gasteiger partial charge in [0.25, 0.3) is 0 Å². The molecule has 0 saturated heterocycles. The predicted octanol–water partition coefficient (Wildman–Crippen LogP) is 3.21. The van der Waals surface area contributed by atoms with Gasteiger partial charge in [-0.25, -0.2) is 8.42 Å². The van der Waals surface area contributed by atoms with E-state index < -0.39 is 15.1 Å². The summed E-state index contributed by atoms with van der Waals surface area (Å²) in [7, 11) is -3.04. The minimum Gasteiger partial charge on any atom is -0.229 e. The van der Waals surface area contributed by atoms with E-state index in [9.17, 15) is 8.42 Å². The number of sulfone groups is 1. The molecule has 0 saturated carbocycles. The Bertz CT molecular complexity index is 427. The van der Waals surface area contributed by atoms with Gasteiger partial charge in [0.1, 0.15) is 0 Å². The smallest absolute Gasteiger partial charge is 0.151 e. The molecule has 0 amide bonds. The third-order valence-corrected chi connectivity index (χ3v) is 5.82. The van der Waals surface area contributed by atoms with Crippen molar-refractivity contribution in [3.05, 3.63) is 34.9 Å². The summed E-state index contributed by atoms with van der Waals surface area (Å²) in [6, 6.07) is 7.15. The van der Waals surface area contributed by atoms with Crippen LogP contribution in [0.1, 0.15) is 17.3 Å². The molecule has 1 rings (SSSR count). The average Bonchev–Trinajstić information content (AvgIpc) is 2.15. The van der Waals surface area contributed by atoms with Gasteiger partial charge in [-0.2, -0.15) is 0 Å². The molecule has 0 fully saturated rings. The summed E-state index contributed by atoms with van der Waals surface area (Å²) in [6.07, 6.45) is 1.24. The van der Waals surface area contributed by atoms with Crippen molar-refractivity contribution in [1.82, 2.24) is 0 Å². The van der Waals surface area contributed by atoms with Crippen molar-refractivity contribution in [1.29, 1.82) is 0 Å². The van der Waals surface area contributed by atoms with Gasteiger partial charge in [-0.05, 0) is 24.6 Å². The van der Waals surface area contributed by atoms with Crippen molar-refractivity contribution < 1.29 is 8.42 Å². The molecule has 2 unspecified atom stereocenters. The molecule has 0 aliphatic heterocycles. The maximum atomic E-state index is 11.4. The van der Waals surface area contributed by atoms with E-state index in [1.807, 2.05) is 12.1 Å². The lowest BCUT2D eigenvalue weighted by atomic mass is 10.1. The Hall–Kier alpha value is -0.0600. The van der Waals surface area contributed by atoms with Crippen LogP contribution in [-0.2, 0) is 9.84 Å². The number of benzene rings is 1. The topological polar surface area (TPSA) is 34.1 Å². The fourth-order valence-electron chi connectivity index (χ4n) is 1.13. The SMILES string of the molecule is CC(C(Br)c1ccc(Cl)cc1)S(C)(=O)=O. The molecule has 84 valence electrons. The highest BCUT2D eigenvalue weighted by atomic mass is 79.9. The van der Waals surface area contributed by atoms with E-state index in [4.69, 9.17) is 11.6 Å². The van der Waals surface area contributed by atoms with Gasteiger partial charge in [0.05, 0.1) is 10.1 Å². The van der Waals surface area contributed by atoms with E-state index in [1.54, 1.807) is 19.1 Å². The van der Waals surface area contributed by atoms with E-state index in [1.165, 1.54) is 6.26 Å². The molecule has 0 radical (unpaired) electrons. The number of rotatable bonds is 3. The zero-order valence-electron chi connectivity index (χ0n) is 8.44. The van der Waals surface area contributed by atoms with Gasteiger partial charge >= 0.3 is 0 Å². The van der Waals surface area contributed by atoms with Crippen LogP contribution in [-0.4, -0.2) is 19.9 Å². The van der Waals surface area contributed by atoms with Gasteiger partial charge in [-0.1, -0.05) is 39.7 Å². The molecule has 1 aromatic carbocycles.